The van der Waals surface area contributed by atoms with E-state index in [0.29, 0.717) is 10.5 Å². The average molecular weight is 435 g/mol. The molecule has 9 heteroatoms. The van der Waals surface area contributed by atoms with E-state index in [1.807, 2.05) is 24.3 Å². The van der Waals surface area contributed by atoms with Gasteiger partial charge in [0.1, 0.15) is 18.1 Å². The Kier molecular flexibility index (Phi) is 7.05. The standard InChI is InChI=1S/C20H19FN2O4S2/c1-26-13-6-8-14(9-7-13)28-11-10-17(24)22-20-23(12-18(25)27-2)19-15(21)4-3-5-16(19)29-20/h3-9H,10-12H2,1-2H3. The molecule has 1 aromatic heterocycles. The quantitative estimate of drug-likeness (QED) is 0.420. The molecule has 0 radical (unpaired) electrons. The minimum absolute atomic E-state index is 0.214. The van der Waals surface area contributed by atoms with Crippen molar-refractivity contribution in [2.45, 2.75) is 17.9 Å². The van der Waals surface area contributed by atoms with Gasteiger partial charge in [0.25, 0.3) is 0 Å². The summed E-state index contributed by atoms with van der Waals surface area (Å²) in [5.74, 6) is -0.0435. The molecular formula is C20H19FN2O4S2. The fraction of sp³-hybridized carbons (Fsp3) is 0.250. The van der Waals surface area contributed by atoms with Crippen molar-refractivity contribution in [3.05, 3.63) is 53.1 Å². The Morgan fingerprint density at radius 3 is 2.62 bits per heavy atom. The summed E-state index contributed by atoms with van der Waals surface area (Å²) in [4.78, 5) is 29.5. The van der Waals surface area contributed by atoms with Crippen molar-refractivity contribution >= 4 is 45.2 Å². The largest absolute Gasteiger partial charge is 0.497 e. The minimum Gasteiger partial charge on any atom is -0.497 e. The average Bonchev–Trinajstić information content (AvgIpc) is 3.06. The van der Waals surface area contributed by atoms with Crippen LogP contribution in [0.1, 0.15) is 6.42 Å². The molecule has 152 valence electrons. The van der Waals surface area contributed by atoms with E-state index < -0.39 is 11.8 Å². The number of rotatable bonds is 7. The normalized spacial score (nSPS) is 11.6. The number of amides is 1. The second-order valence-electron chi connectivity index (χ2n) is 5.91. The molecule has 0 bridgehead atoms. The second-order valence-corrected chi connectivity index (χ2v) is 8.09. The van der Waals surface area contributed by atoms with Crippen molar-refractivity contribution in [3.8, 4) is 5.75 Å². The molecular weight excluding hydrogens is 415 g/mol. The van der Waals surface area contributed by atoms with Crippen LogP contribution in [-0.4, -0.2) is 36.4 Å². The van der Waals surface area contributed by atoms with Crippen LogP contribution in [0.4, 0.5) is 4.39 Å². The van der Waals surface area contributed by atoms with Crippen molar-refractivity contribution in [1.82, 2.24) is 4.57 Å². The van der Waals surface area contributed by atoms with Gasteiger partial charge in [-0.25, -0.2) is 4.39 Å². The smallest absolute Gasteiger partial charge is 0.325 e. The topological polar surface area (TPSA) is 69.9 Å². The number of aromatic nitrogens is 1. The van der Waals surface area contributed by atoms with Crippen molar-refractivity contribution < 1.29 is 23.5 Å². The molecule has 0 aliphatic rings. The van der Waals surface area contributed by atoms with Gasteiger partial charge in [-0.2, -0.15) is 4.99 Å². The highest BCUT2D eigenvalue weighted by atomic mass is 32.2. The van der Waals surface area contributed by atoms with Gasteiger partial charge >= 0.3 is 5.97 Å². The molecule has 0 unspecified atom stereocenters. The number of carbonyl (C=O) groups excluding carboxylic acids is 2. The van der Waals surface area contributed by atoms with E-state index in [4.69, 9.17) is 4.74 Å². The first kappa shape index (κ1) is 21.1. The lowest BCUT2D eigenvalue weighted by atomic mass is 10.3. The summed E-state index contributed by atoms with van der Waals surface area (Å²) >= 11 is 2.69. The fourth-order valence-corrected chi connectivity index (χ4v) is 4.51. The van der Waals surface area contributed by atoms with E-state index in [-0.39, 0.29) is 29.2 Å². The highest BCUT2D eigenvalue weighted by molar-refractivity contribution is 7.99. The molecule has 0 saturated carbocycles. The monoisotopic (exact) mass is 434 g/mol. The van der Waals surface area contributed by atoms with E-state index in [1.54, 1.807) is 19.2 Å². The summed E-state index contributed by atoms with van der Waals surface area (Å²) < 4.78 is 26.1. The first-order valence-electron chi connectivity index (χ1n) is 8.71. The van der Waals surface area contributed by atoms with E-state index >= 15 is 0 Å². The predicted molar refractivity (Wildman–Crippen MR) is 111 cm³/mol. The number of benzene rings is 2. The van der Waals surface area contributed by atoms with Crippen molar-refractivity contribution in [2.24, 2.45) is 4.99 Å². The highest BCUT2D eigenvalue weighted by Gasteiger charge is 2.14. The number of methoxy groups -OCH3 is 2. The number of esters is 1. The summed E-state index contributed by atoms with van der Waals surface area (Å²) in [5.41, 5.74) is 0.238. The molecule has 0 aliphatic carbocycles. The SMILES string of the molecule is COC(=O)Cn1c(=NC(=O)CCSc2ccc(OC)cc2)sc2cccc(F)c21. The van der Waals surface area contributed by atoms with Crippen LogP contribution in [0.5, 0.6) is 5.75 Å². The lowest BCUT2D eigenvalue weighted by Crippen LogP contribution is -2.22. The molecule has 0 spiro atoms. The lowest BCUT2D eigenvalue weighted by molar-refractivity contribution is -0.141. The van der Waals surface area contributed by atoms with Crippen molar-refractivity contribution in [2.75, 3.05) is 20.0 Å². The number of hydrogen-bond acceptors (Lipinski definition) is 6. The Morgan fingerprint density at radius 1 is 1.17 bits per heavy atom. The number of halogens is 1. The van der Waals surface area contributed by atoms with E-state index in [1.165, 1.54) is 29.5 Å². The van der Waals surface area contributed by atoms with Crippen LogP contribution in [0.25, 0.3) is 10.2 Å². The summed E-state index contributed by atoms with van der Waals surface area (Å²) in [5, 5.41) is 0. The Hall–Kier alpha value is -2.65. The molecule has 3 aromatic rings. The first-order valence-corrected chi connectivity index (χ1v) is 10.5. The zero-order valence-electron chi connectivity index (χ0n) is 15.9. The summed E-state index contributed by atoms with van der Waals surface area (Å²) in [7, 11) is 2.86. The summed E-state index contributed by atoms with van der Waals surface area (Å²) in [6.07, 6.45) is 0.214. The van der Waals surface area contributed by atoms with E-state index in [2.05, 4.69) is 9.73 Å². The molecule has 0 aliphatic heterocycles. The molecule has 3 rings (SSSR count). The van der Waals surface area contributed by atoms with Gasteiger partial charge in [0.2, 0.25) is 5.91 Å². The van der Waals surface area contributed by atoms with Gasteiger partial charge in [-0.15, -0.1) is 11.8 Å². The fourth-order valence-electron chi connectivity index (χ4n) is 2.60. The third kappa shape index (κ3) is 5.24. The zero-order valence-corrected chi connectivity index (χ0v) is 17.5. The van der Waals surface area contributed by atoms with Crippen LogP contribution < -0.4 is 9.54 Å². The van der Waals surface area contributed by atoms with Gasteiger partial charge in [-0.1, -0.05) is 17.4 Å². The molecule has 2 aromatic carbocycles. The van der Waals surface area contributed by atoms with Gasteiger partial charge < -0.3 is 14.0 Å². The van der Waals surface area contributed by atoms with Gasteiger partial charge in [-0.3, -0.25) is 9.59 Å². The van der Waals surface area contributed by atoms with Gasteiger partial charge in [-0.05, 0) is 36.4 Å². The zero-order chi connectivity index (χ0) is 20.8. The third-order valence-electron chi connectivity index (χ3n) is 4.03. The maximum atomic E-state index is 14.3. The summed E-state index contributed by atoms with van der Waals surface area (Å²) in [6.45, 7) is -0.218. The molecule has 0 N–H and O–H groups in total. The van der Waals surface area contributed by atoms with E-state index in [9.17, 15) is 14.0 Å². The number of ether oxygens (including phenoxy) is 2. The molecule has 6 nitrogen and oxygen atoms in total. The van der Waals surface area contributed by atoms with Crippen LogP contribution in [0, 0.1) is 5.82 Å². The van der Waals surface area contributed by atoms with E-state index in [0.717, 1.165) is 22.0 Å². The Morgan fingerprint density at radius 2 is 1.93 bits per heavy atom. The number of carbonyl (C=O) groups is 2. The third-order valence-corrected chi connectivity index (χ3v) is 6.09. The van der Waals surface area contributed by atoms with Gasteiger partial charge in [0, 0.05) is 17.1 Å². The Bertz CT molecular complexity index is 1090. The lowest BCUT2D eigenvalue weighted by Gasteiger charge is -2.04. The number of hydrogen-bond donors (Lipinski definition) is 0. The number of fused-ring (bicyclic) bond motifs is 1. The molecule has 1 amide bonds. The minimum atomic E-state index is -0.545. The van der Waals surface area contributed by atoms with Crippen LogP contribution in [0.3, 0.4) is 0 Å². The van der Waals surface area contributed by atoms with Crippen LogP contribution >= 0.6 is 23.1 Å². The Labute approximate surface area is 175 Å². The number of para-hydroxylation sites is 1. The van der Waals surface area contributed by atoms with Crippen molar-refractivity contribution in [1.29, 1.82) is 0 Å². The maximum Gasteiger partial charge on any atom is 0.325 e. The van der Waals surface area contributed by atoms with Gasteiger partial charge in [0.15, 0.2) is 4.80 Å². The first-order chi connectivity index (χ1) is 14.0. The number of thioether (sulfide) groups is 1. The van der Waals surface area contributed by atoms with Gasteiger partial charge in [0.05, 0.1) is 24.4 Å². The van der Waals surface area contributed by atoms with Crippen LogP contribution in [0.15, 0.2) is 52.4 Å². The predicted octanol–water partition coefficient (Wildman–Crippen LogP) is 3.63. The molecule has 1 heterocycles. The highest BCUT2D eigenvalue weighted by Crippen LogP contribution is 2.22. The summed E-state index contributed by atoms with van der Waals surface area (Å²) in [6, 6.07) is 12.2. The maximum absolute atomic E-state index is 14.3. The molecule has 0 atom stereocenters. The number of thiazole rings is 1. The number of nitrogens with zero attached hydrogens (tertiary/aromatic N) is 2. The van der Waals surface area contributed by atoms with Crippen LogP contribution in [-0.2, 0) is 20.9 Å². The molecule has 0 fully saturated rings. The Balaban J connectivity index is 1.77. The molecule has 0 saturated heterocycles. The van der Waals surface area contributed by atoms with Crippen LogP contribution in [0.2, 0.25) is 0 Å². The second kappa shape index (κ2) is 9.71. The van der Waals surface area contributed by atoms with Crippen molar-refractivity contribution in [3.63, 3.8) is 0 Å². The molecule has 29 heavy (non-hydrogen) atoms.